The number of aromatic amines is 1. The highest BCUT2D eigenvalue weighted by Crippen LogP contribution is 2.32. The normalized spacial score (nSPS) is 15.7. The lowest BCUT2D eigenvalue weighted by molar-refractivity contribution is 0.156. The monoisotopic (exact) mass is 413 g/mol. The van der Waals surface area contributed by atoms with Gasteiger partial charge in [0, 0.05) is 48.7 Å². The number of nitrogens with zero attached hydrogens (tertiary/aromatic N) is 4. The van der Waals surface area contributed by atoms with Crippen LogP contribution in [0.1, 0.15) is 5.56 Å². The van der Waals surface area contributed by atoms with Gasteiger partial charge in [0.1, 0.15) is 5.82 Å². The minimum absolute atomic E-state index is 0.182. The molecule has 1 aliphatic heterocycles. The number of hydrogen-bond donors (Lipinski definition) is 2. The Balaban J connectivity index is 1.53. The molecule has 8 heteroatoms. The number of benzene rings is 2. The third kappa shape index (κ3) is 4.67. The van der Waals surface area contributed by atoms with Crippen LogP contribution in [0, 0.1) is 12.7 Å². The van der Waals surface area contributed by atoms with E-state index in [2.05, 4.69) is 24.4 Å². The van der Waals surface area contributed by atoms with E-state index in [0.717, 1.165) is 36.6 Å². The first-order valence-electron chi connectivity index (χ1n) is 9.69. The second kappa shape index (κ2) is 9.04. The van der Waals surface area contributed by atoms with Gasteiger partial charge in [-0.1, -0.05) is 30.3 Å². The Kier molecular flexibility index (Phi) is 6.25. The fourth-order valence-corrected chi connectivity index (χ4v) is 4.37. The van der Waals surface area contributed by atoms with Gasteiger partial charge in [-0.15, -0.1) is 10.2 Å². The van der Waals surface area contributed by atoms with Gasteiger partial charge in [-0.25, -0.2) is 8.70 Å². The number of piperazine rings is 1. The molecule has 6 nitrogen and oxygen atoms in total. The molecule has 29 heavy (non-hydrogen) atoms. The van der Waals surface area contributed by atoms with Gasteiger partial charge in [-0.05, 0) is 36.6 Å². The van der Waals surface area contributed by atoms with Gasteiger partial charge < -0.3 is 10.1 Å². The molecule has 1 saturated heterocycles. The molecule has 0 aliphatic carbocycles. The van der Waals surface area contributed by atoms with Crippen LogP contribution in [0.2, 0.25) is 0 Å². The van der Waals surface area contributed by atoms with Crippen LogP contribution < -0.4 is 0 Å². The number of rotatable bonds is 6. The quantitative estimate of drug-likeness (QED) is 0.605. The van der Waals surface area contributed by atoms with E-state index in [1.807, 2.05) is 36.4 Å². The number of hydrogen-bond acceptors (Lipinski definition) is 6. The van der Waals surface area contributed by atoms with E-state index in [0.29, 0.717) is 29.3 Å². The van der Waals surface area contributed by atoms with E-state index < -0.39 is 0 Å². The molecule has 0 atom stereocenters. The highest BCUT2D eigenvalue weighted by molar-refractivity contribution is 7.97. The van der Waals surface area contributed by atoms with Crippen LogP contribution in [0.4, 0.5) is 4.39 Å². The summed E-state index contributed by atoms with van der Waals surface area (Å²) in [4.78, 5) is 6.32. The van der Waals surface area contributed by atoms with E-state index in [1.165, 1.54) is 6.07 Å². The molecule has 1 aliphatic rings. The molecule has 152 valence electrons. The summed E-state index contributed by atoms with van der Waals surface area (Å²) in [6.07, 6.45) is 0. The molecular formula is C21H24FN5OS. The maximum Gasteiger partial charge on any atom is 0.161 e. The van der Waals surface area contributed by atoms with Crippen LogP contribution >= 0.6 is 11.9 Å². The third-order valence-corrected chi connectivity index (χ3v) is 6.32. The Morgan fingerprint density at radius 3 is 2.41 bits per heavy atom. The molecule has 0 spiro atoms. The van der Waals surface area contributed by atoms with Crippen LogP contribution in [0.5, 0.6) is 0 Å². The summed E-state index contributed by atoms with van der Waals surface area (Å²) in [6.45, 7) is 6.24. The molecule has 0 unspecified atom stereocenters. The zero-order valence-corrected chi connectivity index (χ0v) is 17.1. The van der Waals surface area contributed by atoms with Gasteiger partial charge in [-0.3, -0.25) is 4.90 Å². The highest BCUT2D eigenvalue weighted by atomic mass is 32.2. The predicted molar refractivity (Wildman–Crippen MR) is 113 cm³/mol. The minimum atomic E-state index is -0.249. The van der Waals surface area contributed by atoms with Crippen molar-refractivity contribution in [2.24, 2.45) is 0 Å². The number of halogens is 1. The van der Waals surface area contributed by atoms with Gasteiger partial charge in [0.15, 0.2) is 11.6 Å². The minimum Gasteiger partial charge on any atom is -0.395 e. The van der Waals surface area contributed by atoms with Crippen molar-refractivity contribution in [3.63, 3.8) is 0 Å². The van der Waals surface area contributed by atoms with E-state index in [4.69, 9.17) is 5.11 Å². The third-order valence-electron chi connectivity index (χ3n) is 5.08. The second-order valence-corrected chi connectivity index (χ2v) is 8.19. The summed E-state index contributed by atoms with van der Waals surface area (Å²) in [5.41, 5.74) is 2.26. The van der Waals surface area contributed by atoms with Crippen LogP contribution in [0.25, 0.3) is 22.8 Å². The fourth-order valence-electron chi connectivity index (χ4n) is 3.33. The fraction of sp³-hybridized carbons (Fsp3) is 0.333. The summed E-state index contributed by atoms with van der Waals surface area (Å²) < 4.78 is 16.9. The van der Waals surface area contributed by atoms with E-state index in [-0.39, 0.29) is 12.4 Å². The number of aliphatic hydroxyl groups excluding tert-OH is 1. The molecule has 0 radical (unpaired) electrons. The van der Waals surface area contributed by atoms with Crippen molar-refractivity contribution in [3.8, 4) is 22.8 Å². The van der Waals surface area contributed by atoms with Crippen LogP contribution in [0.15, 0.2) is 47.4 Å². The average molecular weight is 414 g/mol. The van der Waals surface area contributed by atoms with Gasteiger partial charge in [0.25, 0.3) is 0 Å². The van der Waals surface area contributed by atoms with Crippen molar-refractivity contribution >= 4 is 11.9 Å². The number of aliphatic hydroxyl groups is 1. The van der Waals surface area contributed by atoms with E-state index >= 15 is 0 Å². The molecular weight excluding hydrogens is 389 g/mol. The first kappa shape index (κ1) is 20.0. The Morgan fingerprint density at radius 2 is 1.72 bits per heavy atom. The standard InChI is InChI=1S/C21H24FN5OS/c1-15-18(22)13-17(21-23-20(24-25-21)16-5-3-2-4-6-16)14-19(15)29-27-9-7-26(8-10-27)11-12-28/h2-6,13-14,28H,7-12H2,1H3,(H,23,24,25). The molecule has 1 aromatic heterocycles. The van der Waals surface area contributed by atoms with E-state index in [1.54, 1.807) is 18.9 Å². The summed E-state index contributed by atoms with van der Waals surface area (Å²) in [5.74, 6) is 0.967. The lowest BCUT2D eigenvalue weighted by Gasteiger charge is -2.33. The molecule has 1 fully saturated rings. The largest absolute Gasteiger partial charge is 0.395 e. The van der Waals surface area contributed by atoms with Crippen molar-refractivity contribution in [2.75, 3.05) is 39.3 Å². The average Bonchev–Trinajstić information content (AvgIpc) is 3.24. The molecule has 2 aromatic carbocycles. The van der Waals surface area contributed by atoms with Crippen LogP contribution in [-0.2, 0) is 0 Å². The molecule has 0 saturated carbocycles. The lowest BCUT2D eigenvalue weighted by atomic mass is 10.1. The molecule has 2 N–H and O–H groups in total. The molecule has 2 heterocycles. The van der Waals surface area contributed by atoms with Crippen LogP contribution in [0.3, 0.4) is 0 Å². The number of H-pyrrole nitrogens is 1. The van der Waals surface area contributed by atoms with Gasteiger partial charge in [0.05, 0.1) is 6.61 Å². The van der Waals surface area contributed by atoms with Gasteiger partial charge in [0.2, 0.25) is 0 Å². The van der Waals surface area contributed by atoms with Crippen LogP contribution in [-0.4, -0.2) is 68.8 Å². The smallest absolute Gasteiger partial charge is 0.161 e. The number of β-amino-alcohol motifs (C(OH)–C–C–N with tert-alkyl or cyclic N) is 1. The van der Waals surface area contributed by atoms with Crippen molar-refractivity contribution in [1.82, 2.24) is 24.4 Å². The zero-order chi connectivity index (χ0) is 20.2. The molecule has 3 aromatic rings. The zero-order valence-electron chi connectivity index (χ0n) is 16.3. The highest BCUT2D eigenvalue weighted by Gasteiger charge is 2.20. The predicted octanol–water partition coefficient (Wildman–Crippen LogP) is 3.20. The Hall–Kier alpha value is -2.26. The van der Waals surface area contributed by atoms with Gasteiger partial charge in [-0.2, -0.15) is 0 Å². The second-order valence-electron chi connectivity index (χ2n) is 7.05. The summed E-state index contributed by atoms with van der Waals surface area (Å²) in [5, 5.41) is 17.5. The maximum absolute atomic E-state index is 14.6. The Morgan fingerprint density at radius 1 is 1.03 bits per heavy atom. The number of nitrogens with one attached hydrogen (secondary N) is 1. The number of aromatic nitrogens is 3. The Bertz CT molecular complexity index is 957. The van der Waals surface area contributed by atoms with Crippen molar-refractivity contribution in [1.29, 1.82) is 0 Å². The molecule has 4 rings (SSSR count). The van der Waals surface area contributed by atoms with E-state index in [9.17, 15) is 4.39 Å². The maximum atomic E-state index is 14.6. The summed E-state index contributed by atoms with van der Waals surface area (Å²) in [7, 11) is 0. The van der Waals surface area contributed by atoms with Gasteiger partial charge >= 0.3 is 0 Å². The first-order valence-corrected chi connectivity index (χ1v) is 10.5. The van der Waals surface area contributed by atoms with Crippen molar-refractivity contribution in [3.05, 3.63) is 53.8 Å². The topological polar surface area (TPSA) is 68.3 Å². The summed E-state index contributed by atoms with van der Waals surface area (Å²) in [6, 6.07) is 13.2. The molecule has 0 bridgehead atoms. The van der Waals surface area contributed by atoms with Crippen molar-refractivity contribution in [2.45, 2.75) is 11.8 Å². The Labute approximate surface area is 173 Å². The molecule has 0 amide bonds. The van der Waals surface area contributed by atoms with Crippen molar-refractivity contribution < 1.29 is 9.50 Å². The SMILES string of the molecule is Cc1c(F)cc(-c2nnc(-c3ccccc3)[nH]2)cc1SN1CCN(CCO)CC1. The summed E-state index contributed by atoms with van der Waals surface area (Å²) >= 11 is 1.58. The lowest BCUT2D eigenvalue weighted by Crippen LogP contribution is -2.44. The first-order chi connectivity index (χ1) is 14.1.